The number of ether oxygens (including phenoxy) is 1. The Morgan fingerprint density at radius 2 is 1.65 bits per heavy atom. The first-order valence-corrected chi connectivity index (χ1v) is 7.20. The van der Waals surface area contributed by atoms with Gasteiger partial charge in [0.1, 0.15) is 18.1 Å². The van der Waals surface area contributed by atoms with E-state index < -0.39 is 0 Å². The molecule has 1 N–H and O–H groups in total. The summed E-state index contributed by atoms with van der Waals surface area (Å²) in [6.45, 7) is 8.49. The van der Waals surface area contributed by atoms with E-state index in [0.29, 0.717) is 12.4 Å². The highest BCUT2D eigenvalue weighted by Gasteiger charge is 2.05. The van der Waals surface area contributed by atoms with Gasteiger partial charge in [-0.15, -0.1) is 0 Å². The molecular formula is C18H24O2. The van der Waals surface area contributed by atoms with Crippen LogP contribution in [-0.4, -0.2) is 5.11 Å². The molecule has 108 valence electrons. The molecule has 0 fully saturated rings. The molecule has 0 aliphatic heterocycles. The molecule has 0 heterocycles. The Kier molecular flexibility index (Phi) is 6.65. The van der Waals surface area contributed by atoms with Crippen molar-refractivity contribution < 1.29 is 9.84 Å². The molecule has 0 spiro atoms. The summed E-state index contributed by atoms with van der Waals surface area (Å²) in [4.78, 5) is 0. The van der Waals surface area contributed by atoms with Crippen molar-refractivity contribution >= 4 is 0 Å². The van der Waals surface area contributed by atoms with Crippen LogP contribution in [0.2, 0.25) is 0 Å². The monoisotopic (exact) mass is 272 g/mol. The Bertz CT molecular complexity index is 495. The quantitative estimate of drug-likeness (QED) is 0.860. The Morgan fingerprint density at radius 3 is 2.20 bits per heavy atom. The van der Waals surface area contributed by atoms with Gasteiger partial charge in [0.05, 0.1) is 0 Å². The highest BCUT2D eigenvalue weighted by molar-refractivity contribution is 5.38. The predicted molar refractivity (Wildman–Crippen MR) is 84.3 cm³/mol. The van der Waals surface area contributed by atoms with Crippen LogP contribution in [0.1, 0.15) is 37.5 Å². The second-order valence-corrected chi connectivity index (χ2v) is 4.36. The number of hydrogen-bond acceptors (Lipinski definition) is 2. The number of phenolic OH excluding ortho intramolecular Hbond substituents is 1. The van der Waals surface area contributed by atoms with Gasteiger partial charge in [-0.05, 0) is 42.7 Å². The lowest BCUT2D eigenvalue weighted by molar-refractivity contribution is 0.298. The number of benzene rings is 2. The van der Waals surface area contributed by atoms with Gasteiger partial charge in [-0.3, -0.25) is 0 Å². The molecule has 0 aliphatic carbocycles. The Balaban J connectivity index is 0.000000956. The zero-order chi connectivity index (χ0) is 15.0. The van der Waals surface area contributed by atoms with Gasteiger partial charge >= 0.3 is 0 Å². The number of hydrogen-bond donors (Lipinski definition) is 1. The van der Waals surface area contributed by atoms with Gasteiger partial charge in [0.15, 0.2) is 0 Å². The molecule has 0 atom stereocenters. The molecule has 0 aliphatic rings. The summed E-state index contributed by atoms with van der Waals surface area (Å²) in [6.07, 6.45) is 1.03. The third-order valence-electron chi connectivity index (χ3n) is 3.10. The number of aromatic hydroxyl groups is 1. The second-order valence-electron chi connectivity index (χ2n) is 4.36. The van der Waals surface area contributed by atoms with Gasteiger partial charge in [0, 0.05) is 5.56 Å². The van der Waals surface area contributed by atoms with Crippen LogP contribution >= 0.6 is 0 Å². The second kappa shape index (κ2) is 8.26. The van der Waals surface area contributed by atoms with Crippen LogP contribution in [0.25, 0.3) is 0 Å². The topological polar surface area (TPSA) is 29.5 Å². The minimum Gasteiger partial charge on any atom is -0.508 e. The average Bonchev–Trinajstić information content (AvgIpc) is 2.49. The summed E-state index contributed by atoms with van der Waals surface area (Å²) in [5.74, 6) is 1.12. The highest BCUT2D eigenvalue weighted by atomic mass is 16.5. The minimum absolute atomic E-state index is 0.292. The Labute approximate surface area is 122 Å². The summed E-state index contributed by atoms with van der Waals surface area (Å²) in [5, 5.41) is 9.77. The first-order chi connectivity index (χ1) is 9.70. The Morgan fingerprint density at radius 1 is 1.00 bits per heavy atom. The van der Waals surface area contributed by atoms with Gasteiger partial charge in [0.2, 0.25) is 0 Å². The smallest absolute Gasteiger partial charge is 0.122 e. The van der Waals surface area contributed by atoms with Crippen molar-refractivity contribution in [1.29, 1.82) is 0 Å². The number of phenols is 1. The third kappa shape index (κ3) is 4.30. The van der Waals surface area contributed by atoms with E-state index in [1.54, 1.807) is 6.07 Å². The van der Waals surface area contributed by atoms with Crippen molar-refractivity contribution in [3.8, 4) is 11.5 Å². The van der Waals surface area contributed by atoms with Crippen molar-refractivity contribution in [3.05, 3.63) is 59.2 Å². The SMILES string of the molecule is CC.CCc1ccc(OCc2c(C)cccc2O)cc1. The van der Waals surface area contributed by atoms with Gasteiger partial charge in [-0.2, -0.15) is 0 Å². The van der Waals surface area contributed by atoms with Crippen molar-refractivity contribution in [3.63, 3.8) is 0 Å². The van der Waals surface area contributed by atoms with Crippen LogP contribution in [0, 0.1) is 6.92 Å². The summed E-state index contributed by atoms with van der Waals surface area (Å²) in [5.41, 5.74) is 3.18. The molecule has 2 rings (SSSR count). The molecule has 0 bridgehead atoms. The van der Waals surface area contributed by atoms with E-state index in [0.717, 1.165) is 23.3 Å². The fraction of sp³-hybridized carbons (Fsp3) is 0.333. The van der Waals surface area contributed by atoms with Crippen molar-refractivity contribution in [2.24, 2.45) is 0 Å². The normalized spacial score (nSPS) is 9.60. The fourth-order valence-electron chi connectivity index (χ4n) is 1.85. The van der Waals surface area contributed by atoms with E-state index in [2.05, 4.69) is 19.1 Å². The summed E-state index contributed by atoms with van der Waals surface area (Å²) in [6, 6.07) is 13.6. The first-order valence-electron chi connectivity index (χ1n) is 7.20. The largest absolute Gasteiger partial charge is 0.508 e. The fourth-order valence-corrected chi connectivity index (χ4v) is 1.85. The molecule has 0 radical (unpaired) electrons. The minimum atomic E-state index is 0.292. The molecule has 2 nitrogen and oxygen atoms in total. The number of rotatable bonds is 4. The maximum Gasteiger partial charge on any atom is 0.122 e. The first kappa shape index (κ1) is 16.1. The maximum atomic E-state index is 9.77. The maximum absolute atomic E-state index is 9.77. The van der Waals surface area contributed by atoms with Crippen molar-refractivity contribution in [2.45, 2.75) is 40.7 Å². The molecule has 0 amide bonds. The molecular weight excluding hydrogens is 248 g/mol. The molecule has 0 saturated carbocycles. The molecule has 2 aromatic carbocycles. The van der Waals surface area contributed by atoms with Crippen LogP contribution in [0.4, 0.5) is 0 Å². The van der Waals surface area contributed by atoms with Crippen molar-refractivity contribution in [1.82, 2.24) is 0 Å². The van der Waals surface area contributed by atoms with Crippen LogP contribution in [0.3, 0.4) is 0 Å². The molecule has 0 saturated heterocycles. The zero-order valence-corrected chi connectivity index (χ0v) is 12.8. The van der Waals surface area contributed by atoms with E-state index in [-0.39, 0.29) is 0 Å². The van der Waals surface area contributed by atoms with Crippen LogP contribution in [0.15, 0.2) is 42.5 Å². The average molecular weight is 272 g/mol. The van der Waals surface area contributed by atoms with E-state index in [1.165, 1.54) is 5.56 Å². The summed E-state index contributed by atoms with van der Waals surface area (Å²) in [7, 11) is 0. The van der Waals surface area contributed by atoms with E-state index >= 15 is 0 Å². The molecule has 20 heavy (non-hydrogen) atoms. The highest BCUT2D eigenvalue weighted by Crippen LogP contribution is 2.22. The predicted octanol–water partition coefficient (Wildman–Crippen LogP) is 4.87. The van der Waals surface area contributed by atoms with Gasteiger partial charge in [-0.1, -0.05) is 45.0 Å². The van der Waals surface area contributed by atoms with Gasteiger partial charge in [-0.25, -0.2) is 0 Å². The van der Waals surface area contributed by atoms with Crippen LogP contribution in [-0.2, 0) is 13.0 Å². The molecule has 2 heteroatoms. The third-order valence-corrected chi connectivity index (χ3v) is 3.10. The lowest BCUT2D eigenvalue weighted by Crippen LogP contribution is -1.98. The zero-order valence-electron chi connectivity index (χ0n) is 12.8. The van der Waals surface area contributed by atoms with Crippen molar-refractivity contribution in [2.75, 3.05) is 0 Å². The molecule has 0 unspecified atom stereocenters. The molecule has 2 aromatic rings. The molecule has 0 aromatic heterocycles. The van der Waals surface area contributed by atoms with E-state index in [9.17, 15) is 5.11 Å². The van der Waals surface area contributed by atoms with Gasteiger partial charge in [0.25, 0.3) is 0 Å². The van der Waals surface area contributed by atoms with E-state index in [4.69, 9.17) is 4.74 Å². The lowest BCUT2D eigenvalue weighted by Gasteiger charge is -2.10. The van der Waals surface area contributed by atoms with E-state index in [1.807, 2.05) is 45.0 Å². The number of aryl methyl sites for hydroxylation is 2. The lowest BCUT2D eigenvalue weighted by atomic mass is 10.1. The standard InChI is InChI=1S/C16H18O2.C2H6/c1-3-13-7-9-14(10-8-13)18-11-15-12(2)5-4-6-16(15)17;1-2/h4-10,17H,3,11H2,1-2H3;1-2H3. The van der Waals surface area contributed by atoms with Gasteiger partial charge < -0.3 is 9.84 Å². The summed E-state index contributed by atoms with van der Waals surface area (Å²) < 4.78 is 5.69. The summed E-state index contributed by atoms with van der Waals surface area (Å²) >= 11 is 0. The van der Waals surface area contributed by atoms with Crippen LogP contribution < -0.4 is 4.74 Å². The Hall–Kier alpha value is -1.96. The van der Waals surface area contributed by atoms with Crippen LogP contribution in [0.5, 0.6) is 11.5 Å².